The summed E-state index contributed by atoms with van der Waals surface area (Å²) in [6.45, 7) is 1.99. The number of anilines is 1. The number of rotatable bonds is 3. The third kappa shape index (κ3) is 3.09. The molecule has 1 aliphatic heterocycles. The predicted octanol–water partition coefficient (Wildman–Crippen LogP) is 2.73. The highest BCUT2D eigenvalue weighted by molar-refractivity contribution is 9.10. The van der Waals surface area contributed by atoms with Gasteiger partial charge in [-0.2, -0.15) is 0 Å². The van der Waals surface area contributed by atoms with Crippen LogP contribution in [0.1, 0.15) is 19.8 Å². The van der Waals surface area contributed by atoms with E-state index in [4.69, 9.17) is 11.6 Å². The topological polar surface area (TPSA) is 49.4 Å². The molecule has 0 radical (unpaired) electrons. The van der Waals surface area contributed by atoms with Gasteiger partial charge in [-0.15, -0.1) is 0 Å². The summed E-state index contributed by atoms with van der Waals surface area (Å²) in [5.41, 5.74) is 0.567. The molecule has 1 fully saturated rings. The average molecular weight is 346 g/mol. The molecule has 1 N–H and O–H groups in total. The number of halogens is 2. The molecule has 0 bridgehead atoms. The van der Waals surface area contributed by atoms with E-state index >= 15 is 0 Å². The SMILES string of the molecule is CCCC1NC(=O)CN(c2cc(Br)ccc2Cl)C1=O. The molecule has 102 valence electrons. The van der Waals surface area contributed by atoms with E-state index in [0.29, 0.717) is 17.1 Å². The quantitative estimate of drug-likeness (QED) is 0.916. The van der Waals surface area contributed by atoms with Crippen molar-refractivity contribution in [1.82, 2.24) is 5.32 Å². The normalized spacial score (nSPS) is 19.5. The minimum absolute atomic E-state index is 0.00915. The van der Waals surface area contributed by atoms with Gasteiger partial charge in [-0.3, -0.25) is 14.5 Å². The van der Waals surface area contributed by atoms with Gasteiger partial charge in [0.05, 0.1) is 10.7 Å². The van der Waals surface area contributed by atoms with Gasteiger partial charge in [-0.05, 0) is 24.6 Å². The number of carbonyl (C=O) groups is 2. The Morgan fingerprint density at radius 1 is 1.47 bits per heavy atom. The Kier molecular flexibility index (Phi) is 4.47. The van der Waals surface area contributed by atoms with Crippen LogP contribution in [0, 0.1) is 0 Å². The molecule has 1 aromatic carbocycles. The van der Waals surface area contributed by atoms with Gasteiger partial charge in [0.15, 0.2) is 0 Å². The van der Waals surface area contributed by atoms with Gasteiger partial charge < -0.3 is 5.32 Å². The lowest BCUT2D eigenvalue weighted by Gasteiger charge is -2.33. The molecule has 1 aliphatic rings. The number of hydrogen-bond donors (Lipinski definition) is 1. The smallest absolute Gasteiger partial charge is 0.250 e. The minimum atomic E-state index is -0.457. The molecule has 0 saturated carbocycles. The molecule has 2 amide bonds. The molecule has 0 aliphatic carbocycles. The van der Waals surface area contributed by atoms with Gasteiger partial charge in [0.2, 0.25) is 11.8 Å². The van der Waals surface area contributed by atoms with E-state index in [1.165, 1.54) is 4.90 Å². The monoisotopic (exact) mass is 344 g/mol. The highest BCUT2D eigenvalue weighted by Crippen LogP contribution is 2.30. The molecule has 4 nitrogen and oxygen atoms in total. The molecule has 1 saturated heterocycles. The fourth-order valence-corrected chi connectivity index (χ4v) is 2.66. The third-order valence-corrected chi connectivity index (χ3v) is 3.79. The third-order valence-electron chi connectivity index (χ3n) is 2.98. The Bertz CT molecular complexity index is 521. The number of piperazine rings is 1. The Morgan fingerprint density at radius 2 is 2.21 bits per heavy atom. The van der Waals surface area contributed by atoms with Gasteiger partial charge in [-0.25, -0.2) is 0 Å². The Hall–Kier alpha value is -1.07. The molecule has 0 aromatic heterocycles. The van der Waals surface area contributed by atoms with Crippen molar-refractivity contribution in [3.63, 3.8) is 0 Å². The van der Waals surface area contributed by atoms with E-state index in [1.807, 2.05) is 6.92 Å². The van der Waals surface area contributed by atoms with E-state index < -0.39 is 6.04 Å². The van der Waals surface area contributed by atoms with Crippen LogP contribution in [0.15, 0.2) is 22.7 Å². The summed E-state index contributed by atoms with van der Waals surface area (Å²) in [4.78, 5) is 25.5. The highest BCUT2D eigenvalue weighted by Gasteiger charge is 2.33. The van der Waals surface area contributed by atoms with E-state index in [2.05, 4.69) is 21.2 Å². The molecule has 0 spiro atoms. The molecule has 2 rings (SSSR count). The van der Waals surface area contributed by atoms with E-state index in [-0.39, 0.29) is 18.4 Å². The van der Waals surface area contributed by atoms with Crippen LogP contribution in [0.3, 0.4) is 0 Å². The largest absolute Gasteiger partial charge is 0.343 e. The Morgan fingerprint density at radius 3 is 2.89 bits per heavy atom. The second-order valence-corrected chi connectivity index (χ2v) is 5.75. The maximum atomic E-state index is 12.4. The molecule has 1 heterocycles. The number of nitrogens with one attached hydrogen (secondary N) is 1. The number of carbonyl (C=O) groups excluding carboxylic acids is 2. The fourth-order valence-electron chi connectivity index (χ4n) is 2.09. The van der Waals surface area contributed by atoms with Crippen LogP contribution >= 0.6 is 27.5 Å². The van der Waals surface area contributed by atoms with Gasteiger partial charge in [0, 0.05) is 4.47 Å². The maximum Gasteiger partial charge on any atom is 0.250 e. The summed E-state index contributed by atoms with van der Waals surface area (Å²) < 4.78 is 0.817. The lowest BCUT2D eigenvalue weighted by molar-refractivity contribution is -0.131. The first kappa shape index (κ1) is 14.3. The van der Waals surface area contributed by atoms with Crippen molar-refractivity contribution in [2.45, 2.75) is 25.8 Å². The first-order chi connectivity index (χ1) is 9.02. The standard InChI is InChI=1S/C13H14BrClN2O2/c1-2-3-10-13(19)17(7-12(18)16-10)11-6-8(14)4-5-9(11)15/h4-6,10H,2-3,7H2,1H3,(H,16,18). The number of nitrogens with zero attached hydrogens (tertiary/aromatic N) is 1. The summed E-state index contributed by atoms with van der Waals surface area (Å²) in [7, 11) is 0. The van der Waals surface area contributed by atoms with Crippen molar-refractivity contribution in [1.29, 1.82) is 0 Å². The lowest BCUT2D eigenvalue weighted by atomic mass is 10.1. The fraction of sp³-hybridized carbons (Fsp3) is 0.385. The van der Waals surface area contributed by atoms with E-state index in [0.717, 1.165) is 10.9 Å². The second-order valence-electron chi connectivity index (χ2n) is 4.43. The van der Waals surface area contributed by atoms with Crippen LogP contribution in [0.5, 0.6) is 0 Å². The van der Waals surface area contributed by atoms with Gasteiger partial charge in [0.1, 0.15) is 12.6 Å². The number of benzene rings is 1. The van der Waals surface area contributed by atoms with Crippen LogP contribution in [0.4, 0.5) is 5.69 Å². The number of hydrogen-bond acceptors (Lipinski definition) is 2. The van der Waals surface area contributed by atoms with Crippen LogP contribution in [-0.2, 0) is 9.59 Å². The summed E-state index contributed by atoms with van der Waals surface area (Å²) in [5.74, 6) is -0.268. The summed E-state index contributed by atoms with van der Waals surface area (Å²) in [6, 6.07) is 4.79. The Balaban J connectivity index is 2.34. The van der Waals surface area contributed by atoms with Crippen LogP contribution in [0.25, 0.3) is 0 Å². The zero-order valence-corrected chi connectivity index (χ0v) is 12.8. The van der Waals surface area contributed by atoms with Crippen molar-refractivity contribution in [3.8, 4) is 0 Å². The van der Waals surface area contributed by atoms with Crippen LogP contribution in [-0.4, -0.2) is 24.4 Å². The zero-order chi connectivity index (χ0) is 14.0. The van der Waals surface area contributed by atoms with Crippen molar-refractivity contribution < 1.29 is 9.59 Å². The summed E-state index contributed by atoms with van der Waals surface area (Å²) in [5, 5.41) is 3.18. The molecule has 19 heavy (non-hydrogen) atoms. The predicted molar refractivity (Wildman–Crippen MR) is 78.3 cm³/mol. The van der Waals surface area contributed by atoms with E-state index in [9.17, 15) is 9.59 Å². The van der Waals surface area contributed by atoms with Gasteiger partial charge in [-0.1, -0.05) is 40.9 Å². The van der Waals surface area contributed by atoms with Crippen LogP contribution < -0.4 is 10.2 Å². The van der Waals surface area contributed by atoms with Crippen molar-refractivity contribution in [3.05, 3.63) is 27.7 Å². The minimum Gasteiger partial charge on any atom is -0.343 e. The first-order valence-electron chi connectivity index (χ1n) is 6.08. The van der Waals surface area contributed by atoms with Crippen LogP contribution in [0.2, 0.25) is 5.02 Å². The van der Waals surface area contributed by atoms with Gasteiger partial charge >= 0.3 is 0 Å². The number of amides is 2. The molecule has 6 heteroatoms. The zero-order valence-electron chi connectivity index (χ0n) is 10.5. The van der Waals surface area contributed by atoms with Crippen molar-refractivity contribution in [2.75, 3.05) is 11.4 Å². The Labute approximate surface area is 125 Å². The molecular weight excluding hydrogens is 332 g/mol. The second kappa shape index (κ2) is 5.92. The molecule has 1 atom stereocenters. The summed E-state index contributed by atoms with van der Waals surface area (Å²) in [6.07, 6.45) is 1.46. The maximum absolute atomic E-state index is 12.4. The lowest BCUT2D eigenvalue weighted by Crippen LogP contribution is -2.58. The molecular formula is C13H14BrClN2O2. The average Bonchev–Trinajstić information content (AvgIpc) is 2.37. The van der Waals surface area contributed by atoms with Crippen molar-refractivity contribution >= 4 is 45.0 Å². The van der Waals surface area contributed by atoms with Gasteiger partial charge in [0.25, 0.3) is 0 Å². The first-order valence-corrected chi connectivity index (χ1v) is 7.25. The molecule has 1 unspecified atom stereocenters. The molecule has 1 aromatic rings. The van der Waals surface area contributed by atoms with E-state index in [1.54, 1.807) is 18.2 Å². The van der Waals surface area contributed by atoms with Crippen molar-refractivity contribution in [2.24, 2.45) is 0 Å². The highest BCUT2D eigenvalue weighted by atomic mass is 79.9. The summed E-state index contributed by atoms with van der Waals surface area (Å²) >= 11 is 9.47.